The molecule has 35 heavy (non-hydrogen) atoms. The second kappa shape index (κ2) is 7.89. The molecular weight excluding hydrogens is 461 g/mol. The zero-order valence-electron chi connectivity index (χ0n) is 19.3. The van der Waals surface area contributed by atoms with Gasteiger partial charge in [0.2, 0.25) is 0 Å². The first kappa shape index (κ1) is 23.0. The number of azo groups is 1. The summed E-state index contributed by atoms with van der Waals surface area (Å²) in [6.07, 6.45) is -2.17. The van der Waals surface area contributed by atoms with Crippen LogP contribution in [0.2, 0.25) is 0 Å². The van der Waals surface area contributed by atoms with Crippen LogP contribution < -0.4 is 15.4 Å². The van der Waals surface area contributed by atoms with Crippen molar-refractivity contribution in [1.29, 1.82) is 0 Å². The minimum atomic E-state index is -4.75. The summed E-state index contributed by atoms with van der Waals surface area (Å²) in [7, 11) is 0. The molecule has 3 aliphatic heterocycles. The van der Waals surface area contributed by atoms with Crippen LogP contribution in [0.25, 0.3) is 0 Å². The molecule has 1 amide bonds. The van der Waals surface area contributed by atoms with E-state index in [1.165, 1.54) is 12.4 Å². The molecule has 3 aliphatic rings. The van der Waals surface area contributed by atoms with Crippen LogP contribution in [0.3, 0.4) is 0 Å². The van der Waals surface area contributed by atoms with Crippen molar-refractivity contribution < 1.29 is 22.7 Å². The van der Waals surface area contributed by atoms with Crippen molar-refractivity contribution in [3.8, 4) is 11.8 Å². The van der Waals surface area contributed by atoms with Gasteiger partial charge < -0.3 is 15.4 Å². The minimum absolute atomic E-state index is 0.0887. The molecule has 2 aromatic rings. The van der Waals surface area contributed by atoms with Crippen LogP contribution in [-0.2, 0) is 10.2 Å². The van der Waals surface area contributed by atoms with E-state index in [4.69, 9.17) is 4.74 Å². The summed E-state index contributed by atoms with van der Waals surface area (Å²) < 4.78 is 48.2. The summed E-state index contributed by atoms with van der Waals surface area (Å²) in [5, 5.41) is 13.5. The van der Waals surface area contributed by atoms with Gasteiger partial charge in [-0.2, -0.15) is 18.3 Å². The average molecular weight is 484 g/mol. The summed E-state index contributed by atoms with van der Waals surface area (Å²) in [6.45, 7) is 5.48. The molecule has 2 N–H and O–H groups in total. The third kappa shape index (κ3) is 3.75. The van der Waals surface area contributed by atoms with Crippen molar-refractivity contribution >= 4 is 5.91 Å². The minimum Gasteiger partial charge on any atom is -0.424 e. The fourth-order valence-corrected chi connectivity index (χ4v) is 5.20. The Labute approximate surface area is 199 Å². The summed E-state index contributed by atoms with van der Waals surface area (Å²) in [6, 6.07) is 8.38. The fourth-order valence-electron chi connectivity index (χ4n) is 5.20. The highest BCUT2D eigenvalue weighted by atomic mass is 19.4. The Morgan fingerprint density at radius 3 is 2.60 bits per heavy atom. The SMILES string of the molecule is CCC1(c2cccc(Oc3ncccn3)c2)C2=C(CC(C)(C)NC2=O)NC2N=NC(C(F)(F)F)=C21. The number of ether oxygens (including phenoxy) is 1. The van der Waals surface area contributed by atoms with Gasteiger partial charge >= 0.3 is 12.2 Å². The number of allylic oxidation sites excluding steroid dienone is 1. The summed E-state index contributed by atoms with van der Waals surface area (Å²) in [4.78, 5) is 21.6. The lowest BCUT2D eigenvalue weighted by Crippen LogP contribution is -2.58. The highest BCUT2D eigenvalue weighted by Crippen LogP contribution is 2.55. The number of benzene rings is 1. The lowest BCUT2D eigenvalue weighted by atomic mass is 9.61. The van der Waals surface area contributed by atoms with E-state index in [0.717, 1.165) is 0 Å². The molecule has 0 aliphatic carbocycles. The molecule has 4 heterocycles. The van der Waals surface area contributed by atoms with Gasteiger partial charge in [-0.25, -0.2) is 9.97 Å². The number of amides is 1. The largest absolute Gasteiger partial charge is 0.435 e. The first-order valence-electron chi connectivity index (χ1n) is 11.2. The van der Waals surface area contributed by atoms with E-state index < -0.39 is 34.9 Å². The van der Waals surface area contributed by atoms with Gasteiger partial charge in [0.1, 0.15) is 5.75 Å². The lowest BCUT2D eigenvalue weighted by Gasteiger charge is -2.48. The molecule has 182 valence electrons. The van der Waals surface area contributed by atoms with Gasteiger partial charge in [0, 0.05) is 35.6 Å². The number of nitrogens with zero attached hydrogens (tertiary/aromatic N) is 4. The van der Waals surface area contributed by atoms with Crippen molar-refractivity contribution in [1.82, 2.24) is 20.6 Å². The van der Waals surface area contributed by atoms with Crippen molar-refractivity contribution in [2.45, 2.75) is 56.9 Å². The van der Waals surface area contributed by atoms with E-state index in [-0.39, 0.29) is 23.6 Å². The van der Waals surface area contributed by atoms with E-state index in [1.807, 2.05) is 13.8 Å². The molecule has 0 saturated heterocycles. The van der Waals surface area contributed by atoms with Crippen molar-refractivity contribution in [3.63, 3.8) is 0 Å². The van der Waals surface area contributed by atoms with Gasteiger partial charge in [0.15, 0.2) is 11.9 Å². The average Bonchev–Trinajstić information content (AvgIpc) is 3.22. The van der Waals surface area contributed by atoms with E-state index in [9.17, 15) is 18.0 Å². The zero-order chi connectivity index (χ0) is 25.0. The van der Waals surface area contributed by atoms with Gasteiger partial charge in [-0.3, -0.25) is 4.79 Å². The van der Waals surface area contributed by atoms with Crippen LogP contribution >= 0.6 is 0 Å². The topological polar surface area (TPSA) is 101 Å². The molecule has 1 aromatic carbocycles. The Kier molecular flexibility index (Phi) is 5.19. The number of carbonyl (C=O) groups excluding carboxylic acids is 1. The normalized spacial score (nSPS) is 25.1. The van der Waals surface area contributed by atoms with Crippen molar-refractivity contribution in [3.05, 3.63) is 70.8 Å². The Morgan fingerprint density at radius 2 is 1.91 bits per heavy atom. The predicted octanol–water partition coefficient (Wildman–Crippen LogP) is 4.68. The maximum Gasteiger partial charge on any atom is 0.435 e. The van der Waals surface area contributed by atoms with E-state index in [1.54, 1.807) is 37.3 Å². The molecule has 0 saturated carbocycles. The van der Waals surface area contributed by atoms with Crippen LogP contribution in [0, 0.1) is 0 Å². The molecule has 1 aromatic heterocycles. The van der Waals surface area contributed by atoms with Gasteiger partial charge in [-0.15, -0.1) is 5.11 Å². The highest BCUT2D eigenvalue weighted by Gasteiger charge is 2.57. The maximum atomic E-state index is 14.1. The number of hydrogen-bond acceptors (Lipinski definition) is 7. The molecule has 0 bridgehead atoms. The number of rotatable bonds is 4. The first-order chi connectivity index (χ1) is 16.5. The van der Waals surface area contributed by atoms with E-state index in [0.29, 0.717) is 23.4 Å². The first-order valence-corrected chi connectivity index (χ1v) is 11.2. The number of alkyl halides is 3. The quantitative estimate of drug-likeness (QED) is 0.656. The Hall–Kier alpha value is -3.76. The summed E-state index contributed by atoms with van der Waals surface area (Å²) in [5.74, 6) is -0.0981. The second-order valence-electron chi connectivity index (χ2n) is 9.31. The molecule has 11 heteroatoms. The van der Waals surface area contributed by atoms with Crippen molar-refractivity contribution in [2.24, 2.45) is 10.2 Å². The van der Waals surface area contributed by atoms with Gasteiger partial charge in [-0.05, 0) is 44.0 Å². The summed E-state index contributed by atoms with van der Waals surface area (Å²) in [5.41, 5.74) is -1.92. The summed E-state index contributed by atoms with van der Waals surface area (Å²) >= 11 is 0. The van der Waals surface area contributed by atoms with E-state index in [2.05, 4.69) is 30.8 Å². The highest BCUT2D eigenvalue weighted by molar-refractivity contribution is 6.00. The Balaban J connectivity index is 1.75. The van der Waals surface area contributed by atoms with Crippen LogP contribution in [0.15, 0.2) is 75.5 Å². The third-order valence-electron chi connectivity index (χ3n) is 6.48. The number of halogens is 3. The van der Waals surface area contributed by atoms with Gasteiger partial charge in [0.25, 0.3) is 5.91 Å². The molecule has 2 atom stereocenters. The molecule has 0 spiro atoms. The molecule has 0 radical (unpaired) electrons. The smallest absolute Gasteiger partial charge is 0.424 e. The zero-order valence-corrected chi connectivity index (χ0v) is 19.3. The number of nitrogens with one attached hydrogen (secondary N) is 2. The number of fused-ring (bicyclic) bond motifs is 1. The number of aromatic nitrogens is 2. The second-order valence-corrected chi connectivity index (χ2v) is 9.31. The monoisotopic (exact) mass is 484 g/mol. The van der Waals surface area contributed by atoms with Gasteiger partial charge in [-0.1, -0.05) is 19.1 Å². The third-order valence-corrected chi connectivity index (χ3v) is 6.48. The van der Waals surface area contributed by atoms with Crippen LogP contribution in [-0.4, -0.2) is 33.8 Å². The predicted molar refractivity (Wildman–Crippen MR) is 119 cm³/mol. The molecule has 8 nitrogen and oxygen atoms in total. The Morgan fingerprint density at radius 1 is 1.17 bits per heavy atom. The number of hydrogen-bond donors (Lipinski definition) is 2. The maximum absolute atomic E-state index is 14.1. The standard InChI is InChI=1S/C24H23F3N6O2/c1-4-23(13-7-5-8-14(11-13)35-21-28-9-6-10-29-21)16-15(12-22(2,3)31-20(16)34)30-19-17(23)18(32-33-19)24(25,26)27/h5-11,19,30H,4,12H2,1-3H3,(H,31,34). The number of carbonyl (C=O) groups is 1. The Bertz CT molecular complexity index is 1290. The van der Waals surface area contributed by atoms with Crippen LogP contribution in [0.5, 0.6) is 11.8 Å². The molecule has 5 rings (SSSR count). The van der Waals surface area contributed by atoms with Crippen LogP contribution in [0.1, 0.15) is 39.2 Å². The fraction of sp³-hybridized carbons (Fsp3) is 0.375. The lowest BCUT2D eigenvalue weighted by molar-refractivity contribution is -0.120. The van der Waals surface area contributed by atoms with Crippen LogP contribution in [0.4, 0.5) is 13.2 Å². The van der Waals surface area contributed by atoms with Crippen molar-refractivity contribution in [2.75, 3.05) is 0 Å². The molecular formula is C24H23F3N6O2. The molecule has 0 fully saturated rings. The van der Waals surface area contributed by atoms with Gasteiger partial charge in [0.05, 0.1) is 11.0 Å². The van der Waals surface area contributed by atoms with E-state index >= 15 is 0 Å². The molecule has 2 unspecified atom stereocenters.